The van der Waals surface area contributed by atoms with E-state index in [1.807, 2.05) is 6.92 Å². The summed E-state index contributed by atoms with van der Waals surface area (Å²) < 4.78 is 5.36. The number of rotatable bonds is 4. The molecule has 0 aromatic carbocycles. The van der Waals surface area contributed by atoms with Crippen LogP contribution >= 0.6 is 0 Å². The molecule has 0 bridgehead atoms. The van der Waals surface area contributed by atoms with E-state index in [-0.39, 0.29) is 11.6 Å². The van der Waals surface area contributed by atoms with Crippen LogP contribution in [-0.2, 0) is 11.2 Å². The first-order valence-corrected chi connectivity index (χ1v) is 6.13. The normalized spacial score (nSPS) is 21.4. The van der Waals surface area contributed by atoms with Gasteiger partial charge in [-0.2, -0.15) is 0 Å². The quantitative estimate of drug-likeness (QED) is 0.825. The fourth-order valence-corrected chi connectivity index (χ4v) is 2.05. The van der Waals surface area contributed by atoms with Crippen molar-refractivity contribution in [2.75, 3.05) is 18.5 Å². The molecule has 17 heavy (non-hydrogen) atoms. The zero-order valence-electron chi connectivity index (χ0n) is 10.3. The molecule has 0 aliphatic carbocycles. The first kappa shape index (κ1) is 12.1. The Kier molecular flexibility index (Phi) is 3.78. The molecule has 2 heterocycles. The lowest BCUT2D eigenvalue weighted by atomic mass is 10.0. The molecule has 2 unspecified atom stereocenters. The summed E-state index contributed by atoms with van der Waals surface area (Å²) in [7, 11) is 0. The number of anilines is 1. The minimum atomic E-state index is -0.103. The zero-order chi connectivity index (χ0) is 12.3. The third kappa shape index (κ3) is 3.06. The Labute approximate surface area is 101 Å². The summed E-state index contributed by atoms with van der Waals surface area (Å²) in [5.74, 6) is 1.88. The van der Waals surface area contributed by atoms with Crippen LogP contribution in [0.2, 0.25) is 0 Å². The Morgan fingerprint density at radius 3 is 3.18 bits per heavy atom. The molecule has 1 aromatic rings. The summed E-state index contributed by atoms with van der Waals surface area (Å²) in [4.78, 5) is 18.5. The van der Waals surface area contributed by atoms with E-state index in [1.165, 1.54) is 6.07 Å². The lowest BCUT2D eigenvalue weighted by Crippen LogP contribution is -2.27. The van der Waals surface area contributed by atoms with E-state index < -0.39 is 0 Å². The Bertz CT molecular complexity index is 424. The summed E-state index contributed by atoms with van der Waals surface area (Å²) in [6.45, 7) is 5.70. The number of aromatic amines is 1. The van der Waals surface area contributed by atoms with Gasteiger partial charge in [0.15, 0.2) is 0 Å². The molecule has 5 heteroatoms. The van der Waals surface area contributed by atoms with E-state index in [9.17, 15) is 4.79 Å². The number of aromatic nitrogens is 2. The minimum absolute atomic E-state index is 0.103. The van der Waals surface area contributed by atoms with Crippen molar-refractivity contribution < 1.29 is 4.74 Å². The molecule has 0 radical (unpaired) electrons. The number of ether oxygens (including phenoxy) is 1. The molecule has 0 spiro atoms. The topological polar surface area (TPSA) is 67.0 Å². The van der Waals surface area contributed by atoms with Crippen LogP contribution in [0.4, 0.5) is 5.82 Å². The van der Waals surface area contributed by atoms with Crippen LogP contribution in [0.1, 0.15) is 26.1 Å². The molecule has 1 fully saturated rings. The SMILES string of the molecule is CCc1nc(NC(C)C2CCOC2)cc(=O)[nH]1. The maximum Gasteiger partial charge on any atom is 0.252 e. The Morgan fingerprint density at radius 2 is 2.53 bits per heavy atom. The van der Waals surface area contributed by atoms with Gasteiger partial charge in [0, 0.05) is 31.1 Å². The van der Waals surface area contributed by atoms with Gasteiger partial charge in [-0.05, 0) is 13.3 Å². The van der Waals surface area contributed by atoms with Gasteiger partial charge in [-0.1, -0.05) is 6.92 Å². The fourth-order valence-electron chi connectivity index (χ4n) is 2.05. The van der Waals surface area contributed by atoms with Gasteiger partial charge in [0.25, 0.3) is 5.56 Å². The predicted octanol–water partition coefficient (Wildman–Crippen LogP) is 1.17. The van der Waals surface area contributed by atoms with Gasteiger partial charge in [0.2, 0.25) is 0 Å². The molecule has 5 nitrogen and oxygen atoms in total. The van der Waals surface area contributed by atoms with Crippen LogP contribution in [0.25, 0.3) is 0 Å². The number of H-pyrrole nitrogens is 1. The average Bonchev–Trinajstić information content (AvgIpc) is 2.81. The van der Waals surface area contributed by atoms with Crippen molar-refractivity contribution in [3.05, 3.63) is 22.2 Å². The van der Waals surface area contributed by atoms with E-state index >= 15 is 0 Å². The maximum absolute atomic E-state index is 11.4. The third-order valence-electron chi connectivity index (χ3n) is 3.17. The number of hydrogen-bond donors (Lipinski definition) is 2. The summed E-state index contributed by atoms with van der Waals surface area (Å²) in [5, 5.41) is 3.29. The van der Waals surface area contributed by atoms with Crippen LogP contribution in [0, 0.1) is 5.92 Å². The monoisotopic (exact) mass is 237 g/mol. The van der Waals surface area contributed by atoms with E-state index in [1.54, 1.807) is 0 Å². The molecular weight excluding hydrogens is 218 g/mol. The first-order valence-electron chi connectivity index (χ1n) is 6.13. The second kappa shape index (κ2) is 5.31. The van der Waals surface area contributed by atoms with Crippen LogP contribution in [-0.4, -0.2) is 29.2 Å². The van der Waals surface area contributed by atoms with Crippen LogP contribution in [0.3, 0.4) is 0 Å². The molecule has 1 aliphatic heterocycles. The molecule has 94 valence electrons. The first-order chi connectivity index (χ1) is 8.19. The number of nitrogens with zero attached hydrogens (tertiary/aromatic N) is 1. The standard InChI is InChI=1S/C12H19N3O2/c1-3-10-14-11(6-12(16)15-10)13-8(2)9-4-5-17-7-9/h6,8-9H,3-5,7H2,1-2H3,(H2,13,14,15,16). The fraction of sp³-hybridized carbons (Fsp3) is 0.667. The van der Waals surface area contributed by atoms with Crippen molar-refractivity contribution in [2.24, 2.45) is 5.92 Å². The second-order valence-corrected chi connectivity index (χ2v) is 4.49. The van der Waals surface area contributed by atoms with Crippen molar-refractivity contribution in [3.8, 4) is 0 Å². The number of aryl methyl sites for hydroxylation is 1. The van der Waals surface area contributed by atoms with Crippen molar-refractivity contribution in [1.29, 1.82) is 0 Å². The number of nitrogens with one attached hydrogen (secondary N) is 2. The highest BCUT2D eigenvalue weighted by Gasteiger charge is 2.22. The third-order valence-corrected chi connectivity index (χ3v) is 3.17. The lowest BCUT2D eigenvalue weighted by Gasteiger charge is -2.19. The smallest absolute Gasteiger partial charge is 0.252 e. The van der Waals surface area contributed by atoms with E-state index in [2.05, 4.69) is 22.2 Å². The molecule has 2 atom stereocenters. The maximum atomic E-state index is 11.4. The van der Waals surface area contributed by atoms with Crippen LogP contribution in [0.5, 0.6) is 0 Å². The molecular formula is C12H19N3O2. The van der Waals surface area contributed by atoms with Crippen molar-refractivity contribution in [2.45, 2.75) is 32.7 Å². The van der Waals surface area contributed by atoms with Crippen LogP contribution < -0.4 is 10.9 Å². The molecule has 1 aromatic heterocycles. The predicted molar refractivity (Wildman–Crippen MR) is 66.2 cm³/mol. The summed E-state index contributed by atoms with van der Waals surface area (Å²) >= 11 is 0. The highest BCUT2D eigenvalue weighted by Crippen LogP contribution is 2.18. The van der Waals surface area contributed by atoms with Crippen LogP contribution in [0.15, 0.2) is 10.9 Å². The van der Waals surface area contributed by atoms with E-state index in [0.717, 1.165) is 31.9 Å². The molecule has 2 N–H and O–H groups in total. The van der Waals surface area contributed by atoms with Gasteiger partial charge in [-0.25, -0.2) is 4.98 Å². The molecule has 0 saturated carbocycles. The van der Waals surface area contributed by atoms with Gasteiger partial charge in [-0.15, -0.1) is 0 Å². The molecule has 1 aliphatic rings. The van der Waals surface area contributed by atoms with Crippen molar-refractivity contribution >= 4 is 5.82 Å². The number of hydrogen-bond acceptors (Lipinski definition) is 4. The largest absolute Gasteiger partial charge is 0.381 e. The summed E-state index contributed by atoms with van der Waals surface area (Å²) in [5.41, 5.74) is -0.103. The van der Waals surface area contributed by atoms with Gasteiger partial charge in [-0.3, -0.25) is 4.79 Å². The van der Waals surface area contributed by atoms with Crippen molar-refractivity contribution in [3.63, 3.8) is 0 Å². The van der Waals surface area contributed by atoms with Crippen molar-refractivity contribution in [1.82, 2.24) is 9.97 Å². The average molecular weight is 237 g/mol. The summed E-state index contributed by atoms with van der Waals surface area (Å²) in [6.07, 6.45) is 1.80. The van der Waals surface area contributed by atoms with E-state index in [4.69, 9.17) is 4.74 Å². The molecule has 2 rings (SSSR count). The van der Waals surface area contributed by atoms with Gasteiger partial charge < -0.3 is 15.0 Å². The highest BCUT2D eigenvalue weighted by molar-refractivity contribution is 5.34. The van der Waals surface area contributed by atoms with E-state index in [0.29, 0.717) is 11.7 Å². The highest BCUT2D eigenvalue weighted by atomic mass is 16.5. The molecule has 0 amide bonds. The second-order valence-electron chi connectivity index (χ2n) is 4.49. The summed E-state index contributed by atoms with van der Waals surface area (Å²) in [6, 6.07) is 1.78. The lowest BCUT2D eigenvalue weighted by molar-refractivity contribution is 0.183. The van der Waals surface area contributed by atoms with Gasteiger partial charge >= 0.3 is 0 Å². The molecule has 1 saturated heterocycles. The Morgan fingerprint density at radius 1 is 1.71 bits per heavy atom. The van der Waals surface area contributed by atoms with Gasteiger partial charge in [0.1, 0.15) is 11.6 Å². The van der Waals surface area contributed by atoms with Gasteiger partial charge in [0.05, 0.1) is 6.61 Å². The Hall–Kier alpha value is -1.36. The Balaban J connectivity index is 2.06. The minimum Gasteiger partial charge on any atom is -0.381 e. The zero-order valence-corrected chi connectivity index (χ0v) is 10.3.